The monoisotopic (exact) mass is 530 g/mol. The van der Waals surface area contributed by atoms with Crippen LogP contribution < -0.4 is 5.32 Å². The van der Waals surface area contributed by atoms with E-state index in [1.165, 1.54) is 11.3 Å². The summed E-state index contributed by atoms with van der Waals surface area (Å²) in [4.78, 5) is 14.2. The Morgan fingerprint density at radius 1 is 1.11 bits per heavy atom. The highest BCUT2D eigenvalue weighted by molar-refractivity contribution is 7.16. The predicted octanol–water partition coefficient (Wildman–Crippen LogP) is 7.35. The molecule has 0 spiro atoms. The molecule has 36 heavy (non-hydrogen) atoms. The fourth-order valence-corrected chi connectivity index (χ4v) is 6.16. The fourth-order valence-electron chi connectivity index (χ4n) is 4.60. The van der Waals surface area contributed by atoms with Crippen LogP contribution in [0.25, 0.3) is 17.0 Å². The molecule has 178 valence electrons. The Hall–Kier alpha value is -3.55. The molecule has 0 saturated heterocycles. The lowest BCUT2D eigenvalue weighted by Crippen LogP contribution is -2.13. The number of carbonyl (C=O) groups is 1. The molecule has 1 aliphatic carbocycles. The average molecular weight is 531 g/mol. The third-order valence-electron chi connectivity index (χ3n) is 6.33. The first-order valence-electron chi connectivity index (χ1n) is 11.5. The highest BCUT2D eigenvalue weighted by atomic mass is 35.5. The first-order valence-corrected chi connectivity index (χ1v) is 13.1. The topological polar surface area (TPSA) is 81.6 Å². The number of carbonyl (C=O) groups excluding carboxylic acids is 1. The number of rotatable bonds is 5. The van der Waals surface area contributed by atoms with E-state index in [1.807, 2.05) is 48.7 Å². The van der Waals surface area contributed by atoms with E-state index in [9.17, 15) is 15.3 Å². The van der Waals surface area contributed by atoms with E-state index in [2.05, 4.69) is 16.0 Å². The molecule has 0 saturated carbocycles. The summed E-state index contributed by atoms with van der Waals surface area (Å²) < 4.78 is 2.05. The number of nitriles is 2. The summed E-state index contributed by atoms with van der Waals surface area (Å²) in [5.41, 5.74) is 4.23. The Morgan fingerprint density at radius 3 is 2.69 bits per heavy atom. The van der Waals surface area contributed by atoms with Crippen molar-refractivity contribution in [3.63, 3.8) is 0 Å². The summed E-state index contributed by atoms with van der Waals surface area (Å²) in [6, 6.07) is 17.6. The van der Waals surface area contributed by atoms with Crippen LogP contribution in [0.15, 0.2) is 54.2 Å². The van der Waals surface area contributed by atoms with Crippen LogP contribution in [-0.4, -0.2) is 10.5 Å². The number of amides is 1. The van der Waals surface area contributed by atoms with Crippen LogP contribution in [0.5, 0.6) is 0 Å². The van der Waals surface area contributed by atoms with E-state index >= 15 is 0 Å². The molecule has 4 aromatic rings. The van der Waals surface area contributed by atoms with E-state index in [0.29, 0.717) is 27.2 Å². The molecule has 0 atom stereocenters. The molecule has 5 nitrogen and oxygen atoms in total. The fraction of sp³-hybridized carbons (Fsp3) is 0.179. The molecular weight excluding hydrogens is 511 g/mol. The van der Waals surface area contributed by atoms with Gasteiger partial charge in [-0.1, -0.05) is 47.5 Å². The van der Waals surface area contributed by atoms with E-state index in [0.717, 1.165) is 58.2 Å². The van der Waals surface area contributed by atoms with Crippen LogP contribution in [0.4, 0.5) is 5.00 Å². The number of thiophene rings is 1. The second-order valence-corrected chi connectivity index (χ2v) is 10.5. The number of para-hydroxylation sites is 1. The highest BCUT2D eigenvalue weighted by Crippen LogP contribution is 2.38. The van der Waals surface area contributed by atoms with Gasteiger partial charge in [0.05, 0.1) is 15.6 Å². The van der Waals surface area contributed by atoms with Crippen molar-refractivity contribution in [3.05, 3.63) is 91.4 Å². The summed E-state index contributed by atoms with van der Waals surface area (Å²) in [7, 11) is 0. The average Bonchev–Trinajstić information content (AvgIpc) is 3.41. The minimum Gasteiger partial charge on any atom is -0.342 e. The lowest BCUT2D eigenvalue weighted by Gasteiger charge is -2.09. The standard InChI is InChI=1S/C28H20Cl2N4OS/c29-23-10-9-17(11-24(23)30)15-34-16-19(20-5-1-3-7-25(20)34)12-18(13-31)27(35)33-28-22(14-32)21-6-2-4-8-26(21)36-28/h1,3,5,7,9-12,16H,2,4,6,8,15H2,(H,33,35). The van der Waals surface area contributed by atoms with Crippen molar-refractivity contribution in [2.75, 3.05) is 5.32 Å². The van der Waals surface area contributed by atoms with Gasteiger partial charge in [0.1, 0.15) is 22.7 Å². The van der Waals surface area contributed by atoms with Gasteiger partial charge in [-0.2, -0.15) is 10.5 Å². The molecule has 5 rings (SSSR count). The maximum Gasteiger partial charge on any atom is 0.266 e. The maximum absolute atomic E-state index is 13.1. The second kappa shape index (κ2) is 10.2. The van der Waals surface area contributed by atoms with Gasteiger partial charge in [-0.15, -0.1) is 11.3 Å². The minimum atomic E-state index is -0.520. The third kappa shape index (κ3) is 4.64. The van der Waals surface area contributed by atoms with Gasteiger partial charge in [-0.05, 0) is 61.1 Å². The molecule has 1 aliphatic rings. The van der Waals surface area contributed by atoms with Gasteiger partial charge in [0, 0.05) is 34.1 Å². The van der Waals surface area contributed by atoms with Gasteiger partial charge in [-0.25, -0.2) is 0 Å². The van der Waals surface area contributed by atoms with Crippen molar-refractivity contribution in [2.24, 2.45) is 0 Å². The first-order chi connectivity index (χ1) is 17.5. The SMILES string of the molecule is N#CC(=Cc1cn(Cc2ccc(Cl)c(Cl)c2)c2ccccc12)C(=O)Nc1sc2c(c1C#N)CCCC2. The summed E-state index contributed by atoms with van der Waals surface area (Å²) in [5.74, 6) is -0.520. The van der Waals surface area contributed by atoms with Crippen LogP contribution in [0, 0.1) is 22.7 Å². The molecule has 0 unspecified atom stereocenters. The van der Waals surface area contributed by atoms with Crippen molar-refractivity contribution >= 4 is 62.4 Å². The van der Waals surface area contributed by atoms with E-state index in [-0.39, 0.29) is 5.57 Å². The zero-order valence-corrected chi connectivity index (χ0v) is 21.5. The van der Waals surface area contributed by atoms with Gasteiger partial charge in [0.2, 0.25) is 0 Å². The molecule has 2 heterocycles. The van der Waals surface area contributed by atoms with Gasteiger partial charge in [0.15, 0.2) is 0 Å². The number of aromatic nitrogens is 1. The molecule has 1 N–H and O–H groups in total. The van der Waals surface area contributed by atoms with Gasteiger partial charge in [0.25, 0.3) is 5.91 Å². The number of nitrogens with zero attached hydrogens (tertiary/aromatic N) is 3. The van der Waals surface area contributed by atoms with Crippen molar-refractivity contribution in [1.29, 1.82) is 10.5 Å². The van der Waals surface area contributed by atoms with E-state index in [4.69, 9.17) is 23.2 Å². The van der Waals surface area contributed by atoms with E-state index < -0.39 is 5.91 Å². The Kier molecular flexibility index (Phi) is 6.85. The van der Waals surface area contributed by atoms with Crippen molar-refractivity contribution < 1.29 is 4.79 Å². The second-order valence-electron chi connectivity index (χ2n) is 8.63. The number of benzene rings is 2. The van der Waals surface area contributed by atoms with Gasteiger partial charge < -0.3 is 9.88 Å². The molecule has 0 radical (unpaired) electrons. The third-order valence-corrected chi connectivity index (χ3v) is 8.28. The summed E-state index contributed by atoms with van der Waals surface area (Å²) in [6.45, 7) is 0.547. The molecule has 8 heteroatoms. The van der Waals surface area contributed by atoms with Crippen LogP contribution in [0.2, 0.25) is 10.0 Å². The summed E-state index contributed by atoms with van der Waals surface area (Å²) in [6.07, 6.45) is 7.42. The van der Waals surface area contributed by atoms with Crippen LogP contribution >= 0.6 is 34.5 Å². The van der Waals surface area contributed by atoms with Crippen molar-refractivity contribution in [2.45, 2.75) is 32.2 Å². The largest absolute Gasteiger partial charge is 0.342 e. The molecule has 0 aliphatic heterocycles. The number of nitrogens with one attached hydrogen (secondary N) is 1. The number of fused-ring (bicyclic) bond motifs is 2. The maximum atomic E-state index is 13.1. The molecule has 2 aromatic heterocycles. The molecule has 0 bridgehead atoms. The number of hydrogen-bond donors (Lipinski definition) is 1. The summed E-state index contributed by atoms with van der Waals surface area (Å²) >= 11 is 13.7. The Balaban J connectivity index is 1.47. The number of halogens is 2. The zero-order valence-electron chi connectivity index (χ0n) is 19.1. The number of anilines is 1. The van der Waals surface area contributed by atoms with E-state index in [1.54, 1.807) is 12.1 Å². The minimum absolute atomic E-state index is 0.0253. The Morgan fingerprint density at radius 2 is 1.92 bits per heavy atom. The zero-order chi connectivity index (χ0) is 25.2. The Labute approximate surface area is 222 Å². The predicted molar refractivity (Wildman–Crippen MR) is 145 cm³/mol. The molecule has 0 fully saturated rings. The quantitative estimate of drug-likeness (QED) is 0.216. The van der Waals surface area contributed by atoms with Gasteiger partial charge in [-0.3, -0.25) is 4.79 Å². The normalized spacial score (nSPS) is 13.2. The smallest absolute Gasteiger partial charge is 0.266 e. The number of aryl methyl sites for hydroxylation is 1. The lowest BCUT2D eigenvalue weighted by molar-refractivity contribution is -0.112. The molecule has 2 aromatic carbocycles. The Bertz CT molecular complexity index is 1620. The van der Waals surface area contributed by atoms with Crippen molar-refractivity contribution in [1.82, 2.24) is 4.57 Å². The molecule has 1 amide bonds. The lowest BCUT2D eigenvalue weighted by atomic mass is 9.96. The van der Waals surface area contributed by atoms with Crippen LogP contribution in [0.1, 0.15) is 40.0 Å². The van der Waals surface area contributed by atoms with Gasteiger partial charge >= 0.3 is 0 Å². The summed E-state index contributed by atoms with van der Waals surface area (Å²) in [5, 5.41) is 24.8. The van der Waals surface area contributed by atoms with Crippen molar-refractivity contribution in [3.8, 4) is 12.1 Å². The first kappa shape index (κ1) is 24.2. The highest BCUT2D eigenvalue weighted by Gasteiger charge is 2.23. The van der Waals surface area contributed by atoms with Crippen LogP contribution in [-0.2, 0) is 24.2 Å². The molecular formula is C28H20Cl2N4OS. The van der Waals surface area contributed by atoms with Crippen LogP contribution in [0.3, 0.4) is 0 Å². The number of hydrogen-bond acceptors (Lipinski definition) is 4.